The minimum absolute atomic E-state index is 0.896. The average Bonchev–Trinajstić information content (AvgIpc) is 2.81. The Hall–Kier alpha value is -1.84. The number of aromatic nitrogens is 3. The normalized spacial score (nSPS) is 10.6. The van der Waals surface area contributed by atoms with Crippen molar-refractivity contribution in [2.45, 2.75) is 26.2 Å². The quantitative estimate of drug-likeness (QED) is 0.794. The number of nitrogens with zero attached hydrogens (tertiary/aromatic N) is 3. The van der Waals surface area contributed by atoms with Crippen LogP contribution >= 0.6 is 0 Å². The number of benzene rings is 1. The van der Waals surface area contributed by atoms with E-state index < -0.39 is 0 Å². The van der Waals surface area contributed by atoms with Gasteiger partial charge >= 0.3 is 0 Å². The summed E-state index contributed by atoms with van der Waals surface area (Å²) in [5.74, 6) is 0.896. The van der Waals surface area contributed by atoms with Gasteiger partial charge in [0, 0.05) is 24.8 Å². The molecule has 1 aromatic heterocycles. The van der Waals surface area contributed by atoms with Gasteiger partial charge in [0.1, 0.15) is 6.33 Å². The Bertz CT molecular complexity index is 490. The molecule has 1 heterocycles. The molecule has 0 aliphatic rings. The number of nitrogens with one attached hydrogen (secondary N) is 1. The van der Waals surface area contributed by atoms with E-state index in [2.05, 4.69) is 40.6 Å². The molecular formula is C14H20N4. The van der Waals surface area contributed by atoms with Crippen LogP contribution in [-0.4, -0.2) is 21.3 Å². The molecular weight excluding hydrogens is 224 g/mol. The minimum Gasteiger partial charge on any atom is -0.385 e. The van der Waals surface area contributed by atoms with Crippen molar-refractivity contribution >= 4 is 5.69 Å². The number of hydrogen-bond donors (Lipinski definition) is 1. The standard InChI is InChI=1S/C14H20N4/c1-3-4-5-9-15-13-8-6-7-12(10-13)14-17-16-11-18(14)2/h6-8,10-11,15H,3-5,9H2,1-2H3. The van der Waals surface area contributed by atoms with E-state index in [1.54, 1.807) is 6.33 Å². The van der Waals surface area contributed by atoms with Gasteiger partial charge in [0.2, 0.25) is 0 Å². The topological polar surface area (TPSA) is 42.7 Å². The van der Waals surface area contributed by atoms with Crippen LogP contribution in [0.15, 0.2) is 30.6 Å². The Balaban J connectivity index is 2.04. The summed E-state index contributed by atoms with van der Waals surface area (Å²) in [5.41, 5.74) is 2.24. The van der Waals surface area contributed by atoms with E-state index in [1.807, 2.05) is 17.7 Å². The summed E-state index contributed by atoms with van der Waals surface area (Å²) in [4.78, 5) is 0. The molecule has 4 heteroatoms. The van der Waals surface area contributed by atoms with Gasteiger partial charge in [-0.25, -0.2) is 0 Å². The molecule has 2 rings (SSSR count). The lowest BCUT2D eigenvalue weighted by Gasteiger charge is -2.07. The van der Waals surface area contributed by atoms with Crippen LogP contribution in [0.4, 0.5) is 5.69 Å². The molecule has 1 N–H and O–H groups in total. The summed E-state index contributed by atoms with van der Waals surface area (Å²) in [6.07, 6.45) is 5.46. The molecule has 4 nitrogen and oxygen atoms in total. The molecule has 1 aromatic carbocycles. The van der Waals surface area contributed by atoms with Gasteiger partial charge in [-0.05, 0) is 18.6 Å². The molecule has 0 saturated carbocycles. The number of aryl methyl sites for hydroxylation is 1. The third-order valence-corrected chi connectivity index (χ3v) is 2.94. The molecule has 0 unspecified atom stereocenters. The zero-order chi connectivity index (χ0) is 12.8. The van der Waals surface area contributed by atoms with Crippen LogP contribution < -0.4 is 5.32 Å². The van der Waals surface area contributed by atoms with Gasteiger partial charge in [0.15, 0.2) is 5.82 Å². The molecule has 96 valence electrons. The first-order valence-electron chi connectivity index (χ1n) is 6.49. The summed E-state index contributed by atoms with van der Waals surface area (Å²) in [7, 11) is 1.96. The predicted octanol–water partition coefficient (Wildman–Crippen LogP) is 3.08. The maximum atomic E-state index is 4.12. The molecule has 0 aliphatic heterocycles. The van der Waals surface area contributed by atoms with E-state index in [0.717, 1.165) is 23.6 Å². The Kier molecular flexibility index (Phi) is 4.34. The number of hydrogen-bond acceptors (Lipinski definition) is 3. The Morgan fingerprint density at radius 1 is 1.28 bits per heavy atom. The summed E-state index contributed by atoms with van der Waals surface area (Å²) < 4.78 is 1.93. The molecule has 0 spiro atoms. The van der Waals surface area contributed by atoms with Gasteiger partial charge in [-0.15, -0.1) is 10.2 Å². The van der Waals surface area contributed by atoms with E-state index in [1.165, 1.54) is 19.3 Å². The molecule has 2 aromatic rings. The van der Waals surface area contributed by atoms with Gasteiger partial charge < -0.3 is 9.88 Å². The SMILES string of the molecule is CCCCCNc1cccc(-c2nncn2C)c1. The van der Waals surface area contributed by atoms with Crippen LogP contribution in [0.5, 0.6) is 0 Å². The zero-order valence-electron chi connectivity index (χ0n) is 11.1. The number of anilines is 1. The van der Waals surface area contributed by atoms with Crippen LogP contribution in [0.2, 0.25) is 0 Å². The van der Waals surface area contributed by atoms with E-state index >= 15 is 0 Å². The van der Waals surface area contributed by atoms with Gasteiger partial charge in [0.05, 0.1) is 0 Å². The maximum Gasteiger partial charge on any atom is 0.163 e. The van der Waals surface area contributed by atoms with E-state index in [4.69, 9.17) is 0 Å². The van der Waals surface area contributed by atoms with Gasteiger partial charge in [-0.1, -0.05) is 31.9 Å². The molecule has 0 aliphatic carbocycles. The monoisotopic (exact) mass is 244 g/mol. The van der Waals surface area contributed by atoms with Crippen LogP contribution in [0.3, 0.4) is 0 Å². The fraction of sp³-hybridized carbons (Fsp3) is 0.429. The van der Waals surface area contributed by atoms with Gasteiger partial charge in [-0.2, -0.15) is 0 Å². The lowest BCUT2D eigenvalue weighted by atomic mass is 10.2. The molecule has 0 amide bonds. The van der Waals surface area contributed by atoms with Crippen molar-refractivity contribution in [3.8, 4) is 11.4 Å². The first kappa shape index (κ1) is 12.6. The van der Waals surface area contributed by atoms with Crippen molar-refractivity contribution < 1.29 is 0 Å². The number of unbranched alkanes of at least 4 members (excludes halogenated alkanes) is 2. The first-order valence-corrected chi connectivity index (χ1v) is 6.49. The van der Waals surface area contributed by atoms with Crippen molar-refractivity contribution in [2.75, 3.05) is 11.9 Å². The van der Waals surface area contributed by atoms with Crippen LogP contribution in [0, 0.1) is 0 Å². The fourth-order valence-electron chi connectivity index (χ4n) is 1.92. The average molecular weight is 244 g/mol. The third kappa shape index (κ3) is 3.09. The van der Waals surface area contributed by atoms with Crippen molar-refractivity contribution in [3.05, 3.63) is 30.6 Å². The highest BCUT2D eigenvalue weighted by Gasteiger charge is 2.04. The second-order valence-corrected chi connectivity index (χ2v) is 4.48. The van der Waals surface area contributed by atoms with Crippen LogP contribution in [0.1, 0.15) is 26.2 Å². The maximum absolute atomic E-state index is 4.12. The van der Waals surface area contributed by atoms with Crippen LogP contribution in [0.25, 0.3) is 11.4 Å². The minimum atomic E-state index is 0.896. The molecule has 0 fully saturated rings. The smallest absolute Gasteiger partial charge is 0.163 e. The predicted molar refractivity (Wildman–Crippen MR) is 74.5 cm³/mol. The highest BCUT2D eigenvalue weighted by Crippen LogP contribution is 2.19. The van der Waals surface area contributed by atoms with E-state index in [-0.39, 0.29) is 0 Å². The summed E-state index contributed by atoms with van der Waals surface area (Å²) in [5, 5.41) is 11.5. The lowest BCUT2D eigenvalue weighted by molar-refractivity contribution is 0.744. The summed E-state index contributed by atoms with van der Waals surface area (Å²) in [6, 6.07) is 8.31. The Labute approximate surface area is 108 Å². The van der Waals surface area contributed by atoms with Crippen molar-refractivity contribution in [3.63, 3.8) is 0 Å². The zero-order valence-corrected chi connectivity index (χ0v) is 11.1. The van der Waals surface area contributed by atoms with Crippen molar-refractivity contribution in [2.24, 2.45) is 7.05 Å². The second kappa shape index (κ2) is 6.19. The van der Waals surface area contributed by atoms with Crippen molar-refractivity contribution in [1.82, 2.24) is 14.8 Å². The second-order valence-electron chi connectivity index (χ2n) is 4.48. The fourth-order valence-corrected chi connectivity index (χ4v) is 1.92. The Morgan fingerprint density at radius 3 is 2.89 bits per heavy atom. The van der Waals surface area contributed by atoms with Crippen molar-refractivity contribution in [1.29, 1.82) is 0 Å². The van der Waals surface area contributed by atoms with Gasteiger partial charge in [0.25, 0.3) is 0 Å². The van der Waals surface area contributed by atoms with Crippen LogP contribution in [-0.2, 0) is 7.05 Å². The molecule has 0 bridgehead atoms. The first-order chi connectivity index (χ1) is 8.81. The molecule has 18 heavy (non-hydrogen) atoms. The lowest BCUT2D eigenvalue weighted by Crippen LogP contribution is -2.01. The Morgan fingerprint density at radius 2 is 2.17 bits per heavy atom. The summed E-state index contributed by atoms with van der Waals surface area (Å²) in [6.45, 7) is 3.24. The van der Waals surface area contributed by atoms with E-state index in [9.17, 15) is 0 Å². The third-order valence-electron chi connectivity index (χ3n) is 2.94. The molecule has 0 radical (unpaired) electrons. The molecule has 0 saturated heterocycles. The number of rotatable bonds is 6. The van der Waals surface area contributed by atoms with E-state index in [0.29, 0.717) is 0 Å². The summed E-state index contributed by atoms with van der Waals surface area (Å²) >= 11 is 0. The largest absolute Gasteiger partial charge is 0.385 e. The highest BCUT2D eigenvalue weighted by atomic mass is 15.2. The molecule has 0 atom stereocenters. The highest BCUT2D eigenvalue weighted by molar-refractivity contribution is 5.62. The van der Waals surface area contributed by atoms with Gasteiger partial charge in [-0.3, -0.25) is 0 Å².